The highest BCUT2D eigenvalue weighted by Gasteiger charge is 2.21. The van der Waals surface area contributed by atoms with Crippen molar-refractivity contribution < 1.29 is 13.2 Å². The third-order valence-electron chi connectivity index (χ3n) is 1.45. The van der Waals surface area contributed by atoms with E-state index in [0.29, 0.717) is 0 Å². The van der Waals surface area contributed by atoms with Crippen LogP contribution in [0.4, 0.5) is 13.2 Å². The fourth-order valence-corrected chi connectivity index (χ4v) is 1.67. The van der Waals surface area contributed by atoms with Gasteiger partial charge in [0, 0.05) is 11.0 Å². The molecule has 0 aliphatic heterocycles. The van der Waals surface area contributed by atoms with E-state index in [1.54, 1.807) is 6.07 Å². The fourth-order valence-electron chi connectivity index (χ4n) is 0.878. The van der Waals surface area contributed by atoms with Gasteiger partial charge in [-0.3, -0.25) is 0 Å². The molecule has 0 saturated heterocycles. The molecule has 0 bridgehead atoms. The zero-order valence-electron chi connectivity index (χ0n) is 7.51. The van der Waals surface area contributed by atoms with Crippen LogP contribution >= 0.6 is 11.8 Å². The zero-order valence-corrected chi connectivity index (χ0v) is 8.32. The Kier molecular flexibility index (Phi) is 3.63. The van der Waals surface area contributed by atoms with E-state index in [0.717, 1.165) is 27.6 Å². The molecule has 0 amide bonds. The van der Waals surface area contributed by atoms with E-state index in [4.69, 9.17) is 0 Å². The highest BCUT2D eigenvalue weighted by Crippen LogP contribution is 2.23. The minimum Gasteiger partial charge on any atom is -0.167 e. The van der Waals surface area contributed by atoms with Crippen molar-refractivity contribution in [2.24, 2.45) is 0 Å². The molecule has 0 aromatic heterocycles. The third kappa shape index (κ3) is 4.37. The first-order chi connectivity index (χ1) is 6.47. The Morgan fingerprint density at radius 3 is 2.57 bits per heavy atom. The van der Waals surface area contributed by atoms with Crippen LogP contribution in [0.3, 0.4) is 0 Å². The van der Waals surface area contributed by atoms with E-state index >= 15 is 0 Å². The topological polar surface area (TPSA) is 0 Å². The highest BCUT2D eigenvalue weighted by molar-refractivity contribution is 8.02. The molecule has 0 N–H and O–H groups in total. The van der Waals surface area contributed by atoms with Crippen LogP contribution in [0.2, 0.25) is 0 Å². The second kappa shape index (κ2) is 4.55. The van der Waals surface area contributed by atoms with Gasteiger partial charge >= 0.3 is 6.18 Å². The van der Waals surface area contributed by atoms with Gasteiger partial charge in [-0.2, -0.15) is 13.2 Å². The van der Waals surface area contributed by atoms with Crippen molar-refractivity contribution in [1.29, 1.82) is 0 Å². The van der Waals surface area contributed by atoms with Gasteiger partial charge in [-0.1, -0.05) is 29.5 Å². The Bertz CT molecular complexity index is 328. The van der Waals surface area contributed by atoms with Crippen LogP contribution in [-0.2, 0) is 0 Å². The van der Waals surface area contributed by atoms with Crippen LogP contribution in [-0.4, -0.2) is 6.18 Å². The number of rotatable bonds is 2. The predicted molar refractivity (Wildman–Crippen MR) is 52.2 cm³/mol. The molecule has 0 unspecified atom stereocenters. The minimum atomic E-state index is -4.23. The molecule has 0 aliphatic carbocycles. The lowest BCUT2D eigenvalue weighted by atomic mass is 10.2. The van der Waals surface area contributed by atoms with Gasteiger partial charge in [-0.15, -0.1) is 0 Å². The molecular formula is C10H9F3S. The van der Waals surface area contributed by atoms with Crippen molar-refractivity contribution in [2.45, 2.75) is 18.0 Å². The van der Waals surface area contributed by atoms with E-state index in [1.165, 1.54) is 0 Å². The van der Waals surface area contributed by atoms with Crippen LogP contribution < -0.4 is 0 Å². The molecule has 0 heterocycles. The van der Waals surface area contributed by atoms with Crippen LogP contribution in [0.25, 0.3) is 0 Å². The molecule has 0 spiro atoms. The number of hydrogen-bond donors (Lipinski definition) is 0. The number of allylic oxidation sites excluding steroid dienone is 1. The van der Waals surface area contributed by atoms with Crippen LogP contribution in [0, 0.1) is 6.92 Å². The molecular weight excluding hydrogens is 209 g/mol. The van der Waals surface area contributed by atoms with Crippen LogP contribution in [0.1, 0.15) is 5.56 Å². The maximum atomic E-state index is 11.7. The van der Waals surface area contributed by atoms with Crippen LogP contribution in [0.5, 0.6) is 0 Å². The maximum Gasteiger partial charge on any atom is 0.410 e. The average molecular weight is 218 g/mol. The summed E-state index contributed by atoms with van der Waals surface area (Å²) in [5, 5.41) is 1.05. The number of alkyl halides is 3. The van der Waals surface area contributed by atoms with E-state index in [2.05, 4.69) is 0 Å². The largest absolute Gasteiger partial charge is 0.410 e. The number of benzene rings is 1. The minimum absolute atomic E-state index is 0.236. The van der Waals surface area contributed by atoms with E-state index < -0.39 is 6.18 Å². The summed E-state index contributed by atoms with van der Waals surface area (Å²) in [5.74, 6) is 0. The van der Waals surface area contributed by atoms with Gasteiger partial charge in [-0.25, -0.2) is 0 Å². The van der Waals surface area contributed by atoms with Gasteiger partial charge < -0.3 is 0 Å². The molecule has 0 fully saturated rings. The smallest absolute Gasteiger partial charge is 0.167 e. The second-order valence-corrected chi connectivity index (χ2v) is 3.76. The SMILES string of the molecule is Cc1cccc(S/C=C/C(F)(F)F)c1. The first-order valence-electron chi connectivity index (χ1n) is 3.95. The standard InChI is InChI=1S/C10H9F3S/c1-8-3-2-4-9(7-8)14-6-5-10(11,12)13/h2-7H,1H3/b6-5+. The summed E-state index contributed by atoms with van der Waals surface area (Å²) in [5.41, 5.74) is 1.04. The van der Waals surface area contributed by atoms with Gasteiger partial charge in [0.05, 0.1) is 0 Å². The van der Waals surface area contributed by atoms with Crippen molar-refractivity contribution in [2.75, 3.05) is 0 Å². The number of thioether (sulfide) groups is 1. The summed E-state index contributed by atoms with van der Waals surface area (Å²) < 4.78 is 35.2. The molecule has 1 aromatic rings. The molecule has 0 aliphatic rings. The molecule has 0 nitrogen and oxygen atoms in total. The lowest BCUT2D eigenvalue weighted by Gasteiger charge is -1.99. The summed E-state index contributed by atoms with van der Waals surface area (Å²) in [7, 11) is 0. The monoisotopic (exact) mass is 218 g/mol. The number of hydrogen-bond acceptors (Lipinski definition) is 1. The van der Waals surface area contributed by atoms with Gasteiger partial charge in [0.15, 0.2) is 0 Å². The van der Waals surface area contributed by atoms with E-state index in [-0.39, 0.29) is 6.08 Å². The quantitative estimate of drug-likeness (QED) is 0.671. The van der Waals surface area contributed by atoms with Gasteiger partial charge in [0.1, 0.15) is 0 Å². The summed E-state index contributed by atoms with van der Waals surface area (Å²) in [6.45, 7) is 1.90. The summed E-state index contributed by atoms with van der Waals surface area (Å²) in [6, 6.07) is 7.33. The third-order valence-corrected chi connectivity index (χ3v) is 2.25. The molecule has 0 saturated carbocycles. The molecule has 14 heavy (non-hydrogen) atoms. The predicted octanol–water partition coefficient (Wildman–Crippen LogP) is 4.16. The summed E-state index contributed by atoms with van der Waals surface area (Å²) in [6.07, 6.45) is -3.99. The maximum absolute atomic E-state index is 11.7. The normalized spacial score (nSPS) is 12.3. The van der Waals surface area contributed by atoms with Crippen molar-refractivity contribution in [1.82, 2.24) is 0 Å². The molecule has 0 atom stereocenters. The fraction of sp³-hybridized carbons (Fsp3) is 0.200. The average Bonchev–Trinajstić information content (AvgIpc) is 2.01. The van der Waals surface area contributed by atoms with Crippen molar-refractivity contribution in [3.63, 3.8) is 0 Å². The van der Waals surface area contributed by atoms with Gasteiger partial charge in [0.2, 0.25) is 0 Å². The highest BCUT2D eigenvalue weighted by atomic mass is 32.2. The van der Waals surface area contributed by atoms with Gasteiger partial charge in [0.25, 0.3) is 0 Å². The molecule has 4 heteroatoms. The first kappa shape index (κ1) is 11.2. The Hall–Kier alpha value is -0.900. The van der Waals surface area contributed by atoms with Crippen molar-refractivity contribution >= 4 is 11.8 Å². The number of halogens is 3. The molecule has 1 aromatic carbocycles. The Labute approximate surface area is 84.8 Å². The zero-order chi connectivity index (χ0) is 10.6. The second-order valence-electron chi connectivity index (χ2n) is 2.78. The summed E-state index contributed by atoms with van der Waals surface area (Å²) in [4.78, 5) is 0.811. The summed E-state index contributed by atoms with van der Waals surface area (Å²) >= 11 is 1.06. The van der Waals surface area contributed by atoms with E-state index in [1.807, 2.05) is 25.1 Å². The molecule has 76 valence electrons. The Morgan fingerprint density at radius 2 is 2.00 bits per heavy atom. The molecule has 0 radical (unpaired) electrons. The Morgan fingerprint density at radius 1 is 1.29 bits per heavy atom. The van der Waals surface area contributed by atoms with Crippen molar-refractivity contribution in [3.8, 4) is 0 Å². The Balaban J connectivity index is 2.58. The lowest BCUT2D eigenvalue weighted by molar-refractivity contribution is -0.0796. The molecule has 1 rings (SSSR count). The van der Waals surface area contributed by atoms with E-state index in [9.17, 15) is 13.2 Å². The number of aryl methyl sites for hydroxylation is 1. The first-order valence-corrected chi connectivity index (χ1v) is 4.83. The lowest BCUT2D eigenvalue weighted by Crippen LogP contribution is -1.99. The van der Waals surface area contributed by atoms with Gasteiger partial charge in [-0.05, 0) is 24.5 Å². The van der Waals surface area contributed by atoms with Crippen LogP contribution in [0.15, 0.2) is 40.6 Å². The van der Waals surface area contributed by atoms with Crippen molar-refractivity contribution in [3.05, 3.63) is 41.3 Å².